The maximum absolute atomic E-state index is 12.7. The van der Waals surface area contributed by atoms with Gasteiger partial charge in [0.2, 0.25) is 11.8 Å². The number of rotatable bonds is 4. The Labute approximate surface area is 148 Å². The second kappa shape index (κ2) is 7.55. The van der Waals surface area contributed by atoms with Crippen LogP contribution in [0.15, 0.2) is 30.3 Å². The summed E-state index contributed by atoms with van der Waals surface area (Å²) in [4.78, 5) is 17.1. The van der Waals surface area contributed by atoms with Gasteiger partial charge in [-0.2, -0.15) is 0 Å². The molecule has 1 aliphatic heterocycles. The summed E-state index contributed by atoms with van der Waals surface area (Å²) in [6.07, 6.45) is 1.41. The number of pyridine rings is 1. The van der Waals surface area contributed by atoms with E-state index >= 15 is 0 Å². The van der Waals surface area contributed by atoms with Crippen molar-refractivity contribution < 1.29 is 14.3 Å². The Bertz CT molecular complexity index is 774. The third kappa shape index (κ3) is 3.92. The van der Waals surface area contributed by atoms with E-state index in [1.54, 1.807) is 7.11 Å². The lowest BCUT2D eigenvalue weighted by Crippen LogP contribution is -2.32. The van der Waals surface area contributed by atoms with Gasteiger partial charge in [-0.05, 0) is 49.9 Å². The Kier molecular flexibility index (Phi) is 5.22. The van der Waals surface area contributed by atoms with Crippen molar-refractivity contribution in [2.24, 2.45) is 5.92 Å². The minimum atomic E-state index is -0.0895. The maximum Gasteiger partial charge on any atom is 0.223 e. The van der Waals surface area contributed by atoms with Gasteiger partial charge in [0.05, 0.1) is 13.7 Å². The first-order chi connectivity index (χ1) is 12.1. The van der Waals surface area contributed by atoms with Gasteiger partial charge in [-0.15, -0.1) is 0 Å². The van der Waals surface area contributed by atoms with Gasteiger partial charge in [0.15, 0.2) is 0 Å². The minimum Gasteiger partial charge on any atom is -0.493 e. The van der Waals surface area contributed by atoms with Gasteiger partial charge in [0, 0.05) is 23.7 Å². The third-order valence-corrected chi connectivity index (χ3v) is 4.60. The van der Waals surface area contributed by atoms with Crippen molar-refractivity contribution in [1.82, 2.24) is 10.3 Å². The van der Waals surface area contributed by atoms with Crippen LogP contribution in [0.5, 0.6) is 11.6 Å². The summed E-state index contributed by atoms with van der Waals surface area (Å²) >= 11 is 0. The average Bonchev–Trinajstić information content (AvgIpc) is 2.82. The van der Waals surface area contributed by atoms with E-state index < -0.39 is 0 Å². The number of amides is 1. The summed E-state index contributed by atoms with van der Waals surface area (Å²) in [7, 11) is 1.60. The summed E-state index contributed by atoms with van der Waals surface area (Å²) in [6, 6.07) is 9.92. The topological polar surface area (TPSA) is 60.5 Å². The lowest BCUT2D eigenvalue weighted by Gasteiger charge is -2.16. The summed E-state index contributed by atoms with van der Waals surface area (Å²) < 4.78 is 11.1. The smallest absolute Gasteiger partial charge is 0.223 e. The van der Waals surface area contributed by atoms with Crippen molar-refractivity contribution in [3.05, 3.63) is 52.7 Å². The fourth-order valence-electron chi connectivity index (χ4n) is 3.25. The molecule has 0 saturated heterocycles. The molecule has 1 aromatic carbocycles. The van der Waals surface area contributed by atoms with E-state index in [9.17, 15) is 4.79 Å². The molecule has 0 aliphatic carbocycles. The van der Waals surface area contributed by atoms with Crippen molar-refractivity contribution in [3.8, 4) is 11.6 Å². The number of carbonyl (C=O) groups is 1. The summed E-state index contributed by atoms with van der Waals surface area (Å²) in [5, 5.41) is 3.05. The normalized spacial score (nSPS) is 16.4. The number of aryl methyl sites for hydroxylation is 2. The monoisotopic (exact) mass is 340 g/mol. The highest BCUT2D eigenvalue weighted by Gasteiger charge is 2.24. The molecule has 1 aliphatic rings. The molecule has 0 unspecified atom stereocenters. The number of hydrogen-bond acceptors (Lipinski definition) is 4. The van der Waals surface area contributed by atoms with Gasteiger partial charge < -0.3 is 14.8 Å². The van der Waals surface area contributed by atoms with Crippen LogP contribution >= 0.6 is 0 Å². The molecule has 1 aromatic heterocycles. The van der Waals surface area contributed by atoms with E-state index in [2.05, 4.69) is 10.3 Å². The maximum atomic E-state index is 12.7. The first kappa shape index (κ1) is 17.3. The number of para-hydroxylation sites is 1. The predicted molar refractivity (Wildman–Crippen MR) is 95.9 cm³/mol. The predicted octanol–water partition coefficient (Wildman–Crippen LogP) is 2.96. The molecule has 1 amide bonds. The van der Waals surface area contributed by atoms with Crippen LogP contribution in [0.2, 0.25) is 0 Å². The van der Waals surface area contributed by atoms with E-state index in [4.69, 9.17) is 9.47 Å². The van der Waals surface area contributed by atoms with E-state index in [1.807, 2.05) is 44.2 Å². The van der Waals surface area contributed by atoms with Crippen molar-refractivity contribution in [2.45, 2.75) is 33.2 Å². The lowest BCUT2D eigenvalue weighted by molar-refractivity contribution is -0.125. The van der Waals surface area contributed by atoms with Gasteiger partial charge in [0.25, 0.3) is 0 Å². The van der Waals surface area contributed by atoms with Crippen LogP contribution in [0, 0.1) is 19.8 Å². The van der Waals surface area contributed by atoms with Gasteiger partial charge in [-0.3, -0.25) is 4.79 Å². The third-order valence-electron chi connectivity index (χ3n) is 4.60. The minimum absolute atomic E-state index is 0.0438. The molecule has 0 radical (unpaired) electrons. The Morgan fingerprint density at radius 2 is 2.16 bits per heavy atom. The number of carbonyl (C=O) groups excluding carboxylic acids is 1. The van der Waals surface area contributed by atoms with Crippen LogP contribution in [0.25, 0.3) is 0 Å². The highest BCUT2D eigenvalue weighted by molar-refractivity contribution is 5.79. The summed E-state index contributed by atoms with van der Waals surface area (Å²) in [5.41, 5.74) is 3.98. The Hall–Kier alpha value is -2.56. The van der Waals surface area contributed by atoms with Crippen LogP contribution in [0.3, 0.4) is 0 Å². The molecule has 1 atom stereocenters. The van der Waals surface area contributed by atoms with E-state index in [-0.39, 0.29) is 11.8 Å². The highest BCUT2D eigenvalue weighted by atomic mass is 16.5. The van der Waals surface area contributed by atoms with Crippen LogP contribution < -0.4 is 14.8 Å². The molecule has 5 heteroatoms. The Morgan fingerprint density at radius 1 is 1.36 bits per heavy atom. The zero-order chi connectivity index (χ0) is 17.8. The number of methoxy groups -OCH3 is 1. The number of ether oxygens (including phenoxy) is 2. The molecule has 0 saturated carbocycles. The van der Waals surface area contributed by atoms with Crippen LogP contribution in [-0.2, 0) is 17.8 Å². The number of nitrogens with one attached hydrogen (secondary N) is 1. The molecular formula is C20H24N2O3. The first-order valence-electron chi connectivity index (χ1n) is 8.58. The molecule has 5 nitrogen and oxygen atoms in total. The Balaban J connectivity index is 1.69. The van der Waals surface area contributed by atoms with Crippen molar-refractivity contribution in [3.63, 3.8) is 0 Å². The van der Waals surface area contributed by atoms with Crippen LogP contribution in [0.4, 0.5) is 0 Å². The van der Waals surface area contributed by atoms with E-state index in [1.165, 1.54) is 0 Å². The molecule has 1 N–H and O–H groups in total. The molecular weight excluding hydrogens is 316 g/mol. The zero-order valence-electron chi connectivity index (χ0n) is 15.0. The van der Waals surface area contributed by atoms with Crippen LogP contribution in [0.1, 0.15) is 28.8 Å². The SMILES string of the molecule is COc1nc(C)cc(C)c1CNC(=O)[C@H]1CCOc2ccccc2C1. The molecule has 25 heavy (non-hydrogen) atoms. The Morgan fingerprint density at radius 3 is 2.96 bits per heavy atom. The van der Waals surface area contributed by atoms with Crippen molar-refractivity contribution in [1.29, 1.82) is 0 Å². The second-order valence-electron chi connectivity index (χ2n) is 6.43. The molecule has 132 valence electrons. The van der Waals surface area contributed by atoms with Crippen LogP contribution in [-0.4, -0.2) is 24.6 Å². The van der Waals surface area contributed by atoms with Crippen molar-refractivity contribution in [2.75, 3.05) is 13.7 Å². The first-order valence-corrected chi connectivity index (χ1v) is 8.58. The van der Waals surface area contributed by atoms with Gasteiger partial charge in [-0.1, -0.05) is 18.2 Å². The molecule has 2 heterocycles. The van der Waals surface area contributed by atoms with Gasteiger partial charge >= 0.3 is 0 Å². The lowest BCUT2D eigenvalue weighted by atomic mass is 9.96. The van der Waals surface area contributed by atoms with Gasteiger partial charge in [-0.25, -0.2) is 4.98 Å². The summed E-state index contributed by atoms with van der Waals surface area (Å²) in [5.74, 6) is 1.42. The largest absolute Gasteiger partial charge is 0.493 e. The average molecular weight is 340 g/mol. The van der Waals surface area contributed by atoms with E-state index in [0.29, 0.717) is 31.9 Å². The van der Waals surface area contributed by atoms with Crippen molar-refractivity contribution >= 4 is 5.91 Å². The number of benzene rings is 1. The van der Waals surface area contributed by atoms with Gasteiger partial charge in [0.1, 0.15) is 5.75 Å². The molecule has 0 bridgehead atoms. The fraction of sp³-hybridized carbons (Fsp3) is 0.400. The zero-order valence-corrected chi connectivity index (χ0v) is 15.0. The second-order valence-corrected chi connectivity index (χ2v) is 6.43. The molecule has 3 rings (SSSR count). The van der Waals surface area contributed by atoms with E-state index in [0.717, 1.165) is 28.1 Å². The highest BCUT2D eigenvalue weighted by Crippen LogP contribution is 2.27. The number of aromatic nitrogens is 1. The number of hydrogen-bond donors (Lipinski definition) is 1. The standard InChI is InChI=1S/C20H24N2O3/c1-13-10-14(2)22-20(24-3)17(13)12-21-19(23)16-8-9-25-18-7-5-4-6-15(18)11-16/h4-7,10,16H,8-9,11-12H2,1-3H3,(H,21,23)/t16-/m0/s1. The quantitative estimate of drug-likeness (QED) is 0.929. The summed E-state index contributed by atoms with van der Waals surface area (Å²) in [6.45, 7) is 4.92. The number of fused-ring (bicyclic) bond motifs is 1. The number of nitrogens with zero attached hydrogens (tertiary/aromatic N) is 1. The molecule has 0 spiro atoms. The molecule has 0 fully saturated rings. The molecule has 2 aromatic rings. The fourth-order valence-corrected chi connectivity index (χ4v) is 3.25.